The highest BCUT2D eigenvalue weighted by Gasteiger charge is 2.29. The maximum Gasteiger partial charge on any atom is 0.201 e. The lowest BCUT2D eigenvalue weighted by Gasteiger charge is -2.32. The Hall–Kier alpha value is -1.28. The van der Waals surface area contributed by atoms with Gasteiger partial charge in [-0.25, -0.2) is 4.39 Å². The molecule has 0 radical (unpaired) electrons. The highest BCUT2D eigenvalue weighted by molar-refractivity contribution is 5.32. The summed E-state index contributed by atoms with van der Waals surface area (Å²) in [5, 5.41) is 0. The summed E-state index contributed by atoms with van der Waals surface area (Å²) in [4.78, 5) is 0. The van der Waals surface area contributed by atoms with Gasteiger partial charge < -0.3 is 23.7 Å². The van der Waals surface area contributed by atoms with Gasteiger partial charge in [0.25, 0.3) is 0 Å². The monoisotopic (exact) mass is 442 g/mol. The molecular weight excluding hydrogens is 406 g/mol. The van der Waals surface area contributed by atoms with E-state index >= 15 is 0 Å². The lowest BCUT2D eigenvalue weighted by Crippen LogP contribution is -2.34. The van der Waals surface area contributed by atoms with Crippen molar-refractivity contribution in [1.82, 2.24) is 0 Å². The van der Waals surface area contributed by atoms with Gasteiger partial charge in [0.05, 0.1) is 33.0 Å². The largest absolute Gasteiger partial charge is 0.490 e. The van der Waals surface area contributed by atoms with E-state index in [2.05, 4.69) is 6.92 Å². The van der Waals surface area contributed by atoms with Crippen LogP contribution in [0.25, 0.3) is 0 Å². The van der Waals surface area contributed by atoms with E-state index in [1.807, 2.05) is 6.92 Å². The van der Waals surface area contributed by atoms with Crippen molar-refractivity contribution in [3.8, 4) is 5.75 Å². The van der Waals surface area contributed by atoms with Crippen LogP contribution in [0.15, 0.2) is 12.1 Å². The van der Waals surface area contributed by atoms with Crippen LogP contribution in [0.4, 0.5) is 8.78 Å². The Morgan fingerprint density at radius 2 is 1.45 bits per heavy atom. The van der Waals surface area contributed by atoms with Crippen LogP contribution < -0.4 is 4.74 Å². The van der Waals surface area contributed by atoms with E-state index in [1.165, 1.54) is 25.0 Å². The van der Waals surface area contributed by atoms with Gasteiger partial charge in [0.2, 0.25) is 5.82 Å². The van der Waals surface area contributed by atoms with Gasteiger partial charge in [-0.2, -0.15) is 4.39 Å². The molecule has 0 bridgehead atoms. The summed E-state index contributed by atoms with van der Waals surface area (Å²) in [6.07, 6.45) is 5.78. The molecule has 7 heteroatoms. The van der Waals surface area contributed by atoms with Crippen LogP contribution in [-0.4, -0.2) is 39.3 Å². The predicted octanol–water partition coefficient (Wildman–Crippen LogP) is 5.76. The second-order valence-corrected chi connectivity index (χ2v) is 8.53. The fourth-order valence-electron chi connectivity index (χ4n) is 3.84. The summed E-state index contributed by atoms with van der Waals surface area (Å²) < 4.78 is 57.2. The van der Waals surface area contributed by atoms with Gasteiger partial charge in [0.1, 0.15) is 0 Å². The maximum atomic E-state index is 14.5. The highest BCUT2D eigenvalue weighted by Crippen LogP contribution is 2.33. The van der Waals surface area contributed by atoms with Crippen molar-refractivity contribution in [3.05, 3.63) is 29.3 Å². The second kappa shape index (κ2) is 12.7. The number of halogens is 2. The van der Waals surface area contributed by atoms with Gasteiger partial charge in [0.15, 0.2) is 24.1 Å². The Bertz CT molecular complexity index is 656. The first kappa shape index (κ1) is 24.4. The zero-order valence-corrected chi connectivity index (χ0v) is 18.7. The van der Waals surface area contributed by atoms with Gasteiger partial charge in [-0.05, 0) is 37.8 Å². The fourth-order valence-corrected chi connectivity index (χ4v) is 3.84. The van der Waals surface area contributed by atoms with Crippen molar-refractivity contribution in [2.45, 2.75) is 71.4 Å². The number of unbranched alkanes of at least 4 members (excludes halogenated alkanes) is 2. The van der Waals surface area contributed by atoms with E-state index in [0.717, 1.165) is 45.3 Å². The molecule has 3 rings (SSSR count). The third kappa shape index (κ3) is 7.11. The molecule has 0 unspecified atom stereocenters. The zero-order chi connectivity index (χ0) is 22.1. The van der Waals surface area contributed by atoms with Crippen molar-refractivity contribution < 1.29 is 32.5 Å². The molecule has 0 aliphatic carbocycles. The molecule has 0 saturated carbocycles. The Labute approximate surface area is 184 Å². The minimum Gasteiger partial charge on any atom is -0.490 e. The van der Waals surface area contributed by atoms with Crippen LogP contribution in [0.1, 0.15) is 70.6 Å². The third-order valence-electron chi connectivity index (χ3n) is 5.86. The zero-order valence-electron chi connectivity index (χ0n) is 18.7. The quantitative estimate of drug-likeness (QED) is 0.408. The van der Waals surface area contributed by atoms with Gasteiger partial charge in [-0.1, -0.05) is 33.1 Å². The fraction of sp³-hybridized carbons (Fsp3) is 0.750. The minimum atomic E-state index is -0.994. The Balaban J connectivity index is 1.40. The summed E-state index contributed by atoms with van der Waals surface area (Å²) in [5.74, 6) is -1.37. The minimum absolute atomic E-state index is 0.0656. The van der Waals surface area contributed by atoms with Crippen LogP contribution in [0.5, 0.6) is 5.75 Å². The Kier molecular flexibility index (Phi) is 9.96. The first-order valence-corrected chi connectivity index (χ1v) is 11.7. The molecule has 0 spiro atoms. The lowest BCUT2D eigenvalue weighted by molar-refractivity contribution is -0.221. The van der Waals surface area contributed by atoms with Crippen molar-refractivity contribution in [1.29, 1.82) is 0 Å². The molecule has 1 aromatic carbocycles. The van der Waals surface area contributed by atoms with E-state index in [9.17, 15) is 8.78 Å². The molecule has 176 valence electrons. The van der Waals surface area contributed by atoms with Crippen molar-refractivity contribution >= 4 is 0 Å². The summed E-state index contributed by atoms with van der Waals surface area (Å²) in [6, 6.07) is 2.91. The van der Waals surface area contributed by atoms with Crippen molar-refractivity contribution in [2.75, 3.05) is 33.0 Å². The number of hydrogen-bond acceptors (Lipinski definition) is 5. The topological polar surface area (TPSA) is 46.2 Å². The van der Waals surface area contributed by atoms with E-state index < -0.39 is 17.9 Å². The molecule has 2 saturated heterocycles. The lowest BCUT2D eigenvalue weighted by atomic mass is 10.0. The molecule has 2 aliphatic rings. The summed E-state index contributed by atoms with van der Waals surface area (Å²) >= 11 is 0. The molecule has 0 amide bonds. The maximum absolute atomic E-state index is 14.5. The molecule has 2 aliphatic heterocycles. The normalized spacial score (nSPS) is 26.7. The Morgan fingerprint density at radius 3 is 2.13 bits per heavy atom. The van der Waals surface area contributed by atoms with E-state index in [1.54, 1.807) is 0 Å². The molecule has 1 aromatic rings. The average Bonchev–Trinajstić information content (AvgIpc) is 2.80. The smallest absolute Gasteiger partial charge is 0.201 e. The molecule has 5 nitrogen and oxygen atoms in total. The van der Waals surface area contributed by atoms with E-state index in [0.29, 0.717) is 25.7 Å². The summed E-state index contributed by atoms with van der Waals surface area (Å²) in [5.41, 5.74) is 0.0656. The Morgan fingerprint density at radius 1 is 0.806 bits per heavy atom. The number of ether oxygens (including phenoxy) is 5. The van der Waals surface area contributed by atoms with Crippen LogP contribution in [-0.2, 0) is 18.9 Å². The highest BCUT2D eigenvalue weighted by atomic mass is 19.2. The predicted molar refractivity (Wildman–Crippen MR) is 113 cm³/mol. The molecule has 0 atom stereocenters. The van der Waals surface area contributed by atoms with Gasteiger partial charge in [-0.15, -0.1) is 0 Å². The standard InChI is InChI=1S/C24H36F2O5/c1-3-5-7-17-13-28-21(29-14-17)11-8-18-15-30-24(31-16-18)19-9-10-20(23(26)22(19)25)27-12-6-4-2/h9-10,17-18,21,24H,3-8,11-16H2,1-2H3. The molecule has 0 N–H and O–H groups in total. The molecule has 0 aromatic heterocycles. The van der Waals surface area contributed by atoms with Crippen LogP contribution in [0.3, 0.4) is 0 Å². The van der Waals surface area contributed by atoms with Gasteiger partial charge >= 0.3 is 0 Å². The molecule has 2 fully saturated rings. The summed E-state index contributed by atoms with van der Waals surface area (Å²) in [6.45, 7) is 6.92. The number of hydrogen-bond donors (Lipinski definition) is 0. The summed E-state index contributed by atoms with van der Waals surface area (Å²) in [7, 11) is 0. The van der Waals surface area contributed by atoms with Crippen LogP contribution >= 0.6 is 0 Å². The SMILES string of the molecule is CCCCOc1ccc(C2OCC(CCC3OCC(CCCC)CO3)CO2)c(F)c1F. The second-order valence-electron chi connectivity index (χ2n) is 8.53. The molecule has 31 heavy (non-hydrogen) atoms. The number of rotatable bonds is 11. The molecule has 2 heterocycles. The van der Waals surface area contributed by atoms with Crippen molar-refractivity contribution in [2.24, 2.45) is 11.8 Å². The number of benzene rings is 1. The third-order valence-corrected chi connectivity index (χ3v) is 5.86. The van der Waals surface area contributed by atoms with Crippen LogP contribution in [0, 0.1) is 23.5 Å². The van der Waals surface area contributed by atoms with Gasteiger partial charge in [-0.3, -0.25) is 0 Å². The van der Waals surface area contributed by atoms with Gasteiger partial charge in [0, 0.05) is 17.4 Å². The average molecular weight is 443 g/mol. The van der Waals surface area contributed by atoms with Crippen molar-refractivity contribution in [3.63, 3.8) is 0 Å². The van der Waals surface area contributed by atoms with E-state index in [4.69, 9.17) is 23.7 Å². The first-order chi connectivity index (χ1) is 15.1. The first-order valence-electron chi connectivity index (χ1n) is 11.7. The molecular formula is C24H36F2O5. The van der Waals surface area contributed by atoms with Crippen LogP contribution in [0.2, 0.25) is 0 Å². The van der Waals surface area contributed by atoms with E-state index in [-0.39, 0.29) is 23.5 Å².